The van der Waals surface area contributed by atoms with E-state index in [2.05, 4.69) is 10.3 Å². The molecule has 0 aliphatic carbocycles. The van der Waals surface area contributed by atoms with Gasteiger partial charge in [0.2, 0.25) is 0 Å². The number of amides is 1. The van der Waals surface area contributed by atoms with Gasteiger partial charge in [-0.2, -0.15) is 0 Å². The Morgan fingerprint density at radius 2 is 2.05 bits per heavy atom. The predicted molar refractivity (Wildman–Crippen MR) is 80.0 cm³/mol. The Morgan fingerprint density at radius 1 is 1.33 bits per heavy atom. The number of non-ortho nitro benzene ring substituents is 1. The monoisotopic (exact) mass is 325 g/mol. The lowest BCUT2D eigenvalue weighted by atomic mass is 10.2. The number of anilines is 1. The zero-order valence-corrected chi connectivity index (χ0v) is 12.3. The molecule has 0 spiro atoms. The van der Waals surface area contributed by atoms with Crippen LogP contribution in [0, 0.1) is 17.0 Å². The largest absolute Gasteiger partial charge is 0.322 e. The first-order valence-electron chi connectivity index (χ1n) is 5.76. The molecule has 0 saturated carbocycles. The molecule has 1 amide bonds. The van der Waals surface area contributed by atoms with E-state index in [0.29, 0.717) is 5.69 Å². The van der Waals surface area contributed by atoms with Crippen molar-refractivity contribution in [2.24, 2.45) is 0 Å². The summed E-state index contributed by atoms with van der Waals surface area (Å²) in [6.07, 6.45) is 1.53. The van der Waals surface area contributed by atoms with Crippen molar-refractivity contribution in [3.05, 3.63) is 61.9 Å². The Balaban J connectivity index is 2.37. The standard InChI is InChI=1S/C13H9Cl2N3O3/c1-7-4-8(2-3-16-7)17-13(19)10-5-9(18(20)21)6-11(14)12(10)15/h2-6H,1H3,(H,16,17,19). The highest BCUT2D eigenvalue weighted by Crippen LogP contribution is 2.31. The van der Waals surface area contributed by atoms with Gasteiger partial charge in [-0.3, -0.25) is 19.9 Å². The summed E-state index contributed by atoms with van der Waals surface area (Å²) in [6, 6.07) is 5.43. The summed E-state index contributed by atoms with van der Waals surface area (Å²) >= 11 is 11.7. The number of hydrogen-bond donors (Lipinski definition) is 1. The molecule has 0 aliphatic heterocycles. The summed E-state index contributed by atoms with van der Waals surface area (Å²) in [5, 5.41) is 13.3. The molecule has 0 radical (unpaired) electrons. The second kappa shape index (κ2) is 6.07. The van der Waals surface area contributed by atoms with Crippen molar-refractivity contribution in [3.63, 3.8) is 0 Å². The predicted octanol–water partition coefficient (Wildman–Crippen LogP) is 3.86. The lowest BCUT2D eigenvalue weighted by molar-refractivity contribution is -0.384. The fraction of sp³-hybridized carbons (Fsp3) is 0.0769. The summed E-state index contributed by atoms with van der Waals surface area (Å²) in [5.41, 5.74) is 0.855. The van der Waals surface area contributed by atoms with E-state index in [1.54, 1.807) is 19.1 Å². The van der Waals surface area contributed by atoms with Gasteiger partial charge in [-0.15, -0.1) is 0 Å². The third kappa shape index (κ3) is 3.48. The number of halogens is 2. The van der Waals surface area contributed by atoms with Crippen LogP contribution in [0.1, 0.15) is 16.1 Å². The number of aromatic nitrogens is 1. The molecule has 0 atom stereocenters. The molecule has 0 unspecified atom stereocenters. The lowest BCUT2D eigenvalue weighted by Gasteiger charge is -2.08. The molecule has 8 heteroatoms. The molecule has 6 nitrogen and oxygen atoms in total. The van der Waals surface area contributed by atoms with Gasteiger partial charge in [0.1, 0.15) is 0 Å². The average Bonchev–Trinajstić information content (AvgIpc) is 2.41. The molecule has 1 aromatic heterocycles. The number of aryl methyl sites for hydroxylation is 1. The maximum absolute atomic E-state index is 12.2. The van der Waals surface area contributed by atoms with Crippen LogP contribution in [0.15, 0.2) is 30.5 Å². The van der Waals surface area contributed by atoms with Crippen LogP contribution in [0.3, 0.4) is 0 Å². The molecule has 21 heavy (non-hydrogen) atoms. The minimum Gasteiger partial charge on any atom is -0.322 e. The van der Waals surface area contributed by atoms with Gasteiger partial charge in [-0.1, -0.05) is 23.2 Å². The van der Waals surface area contributed by atoms with E-state index < -0.39 is 10.8 Å². The van der Waals surface area contributed by atoms with Crippen LogP contribution in [0.4, 0.5) is 11.4 Å². The first kappa shape index (κ1) is 15.2. The second-order valence-electron chi connectivity index (χ2n) is 4.19. The quantitative estimate of drug-likeness (QED) is 0.685. The van der Waals surface area contributed by atoms with Crippen LogP contribution in [-0.2, 0) is 0 Å². The molecule has 0 saturated heterocycles. The topological polar surface area (TPSA) is 85.1 Å². The molecule has 0 bridgehead atoms. The number of nitro groups is 1. The van der Waals surface area contributed by atoms with E-state index in [1.165, 1.54) is 6.20 Å². The van der Waals surface area contributed by atoms with Gasteiger partial charge in [0.15, 0.2) is 0 Å². The summed E-state index contributed by atoms with van der Waals surface area (Å²) in [4.78, 5) is 26.3. The summed E-state index contributed by atoms with van der Waals surface area (Å²) in [6.45, 7) is 1.77. The highest BCUT2D eigenvalue weighted by atomic mass is 35.5. The van der Waals surface area contributed by atoms with Gasteiger partial charge >= 0.3 is 0 Å². The molecular formula is C13H9Cl2N3O3. The van der Waals surface area contributed by atoms with Crippen molar-refractivity contribution in [2.45, 2.75) is 6.92 Å². The number of pyridine rings is 1. The normalized spacial score (nSPS) is 10.2. The van der Waals surface area contributed by atoms with E-state index >= 15 is 0 Å². The molecule has 2 aromatic rings. The molecular weight excluding hydrogens is 317 g/mol. The van der Waals surface area contributed by atoms with Crippen molar-refractivity contribution < 1.29 is 9.72 Å². The number of hydrogen-bond acceptors (Lipinski definition) is 4. The van der Waals surface area contributed by atoms with E-state index in [1.807, 2.05) is 0 Å². The molecule has 0 aliphatic rings. The van der Waals surface area contributed by atoms with Gasteiger partial charge in [0, 0.05) is 29.7 Å². The number of nitrogens with zero attached hydrogens (tertiary/aromatic N) is 2. The zero-order valence-electron chi connectivity index (χ0n) is 10.8. The molecule has 1 aromatic carbocycles. The lowest BCUT2D eigenvalue weighted by Crippen LogP contribution is -2.13. The minimum atomic E-state index is -0.643. The maximum atomic E-state index is 12.2. The SMILES string of the molecule is Cc1cc(NC(=O)c2cc([N+](=O)[O-])cc(Cl)c2Cl)ccn1. The highest BCUT2D eigenvalue weighted by Gasteiger charge is 2.19. The second-order valence-corrected chi connectivity index (χ2v) is 4.97. The fourth-order valence-corrected chi connectivity index (χ4v) is 2.08. The molecule has 2 rings (SSSR count). The van der Waals surface area contributed by atoms with Crippen LogP contribution in [-0.4, -0.2) is 15.8 Å². The number of nitro benzene ring substituents is 1. The number of carbonyl (C=O) groups is 1. The Labute approximate surface area is 129 Å². The minimum absolute atomic E-state index is 0.0365. The summed E-state index contributed by atoms with van der Waals surface area (Å²) in [7, 11) is 0. The number of nitrogens with one attached hydrogen (secondary N) is 1. The Morgan fingerprint density at radius 3 is 2.67 bits per heavy atom. The Hall–Kier alpha value is -2.18. The third-order valence-corrected chi connectivity index (χ3v) is 3.42. The van der Waals surface area contributed by atoms with Crippen molar-refractivity contribution in [1.82, 2.24) is 4.98 Å². The van der Waals surface area contributed by atoms with Crippen LogP contribution < -0.4 is 5.32 Å². The Kier molecular flexibility index (Phi) is 4.40. The number of rotatable bonds is 3. The summed E-state index contributed by atoms with van der Waals surface area (Å²) < 4.78 is 0. The first-order valence-corrected chi connectivity index (χ1v) is 6.51. The van der Waals surface area contributed by atoms with Crippen molar-refractivity contribution in [2.75, 3.05) is 5.32 Å². The van der Waals surface area contributed by atoms with Gasteiger partial charge in [0.05, 0.1) is 20.5 Å². The van der Waals surface area contributed by atoms with Crippen molar-refractivity contribution >= 4 is 40.5 Å². The van der Waals surface area contributed by atoms with Gasteiger partial charge < -0.3 is 5.32 Å². The van der Waals surface area contributed by atoms with Crippen molar-refractivity contribution in [1.29, 1.82) is 0 Å². The number of carbonyl (C=O) groups excluding carboxylic acids is 1. The number of benzene rings is 1. The van der Waals surface area contributed by atoms with E-state index in [9.17, 15) is 14.9 Å². The van der Waals surface area contributed by atoms with Crippen LogP contribution in [0.25, 0.3) is 0 Å². The molecule has 0 fully saturated rings. The Bertz CT molecular complexity index is 735. The van der Waals surface area contributed by atoms with E-state index in [4.69, 9.17) is 23.2 Å². The van der Waals surface area contributed by atoms with E-state index in [0.717, 1.165) is 17.8 Å². The highest BCUT2D eigenvalue weighted by molar-refractivity contribution is 6.44. The molecule has 1 heterocycles. The summed E-state index contributed by atoms with van der Waals surface area (Å²) in [5.74, 6) is -0.587. The van der Waals surface area contributed by atoms with Crippen LogP contribution in [0.5, 0.6) is 0 Å². The average molecular weight is 326 g/mol. The fourth-order valence-electron chi connectivity index (χ4n) is 1.67. The molecule has 108 valence electrons. The van der Waals surface area contributed by atoms with Crippen LogP contribution >= 0.6 is 23.2 Å². The molecule has 1 N–H and O–H groups in total. The van der Waals surface area contributed by atoms with Gasteiger partial charge in [-0.25, -0.2) is 0 Å². The van der Waals surface area contributed by atoms with Gasteiger partial charge in [0.25, 0.3) is 11.6 Å². The zero-order chi connectivity index (χ0) is 15.6. The smallest absolute Gasteiger partial charge is 0.271 e. The van der Waals surface area contributed by atoms with Gasteiger partial charge in [-0.05, 0) is 19.1 Å². The third-order valence-electron chi connectivity index (χ3n) is 2.62. The van der Waals surface area contributed by atoms with Crippen molar-refractivity contribution in [3.8, 4) is 0 Å². The van der Waals surface area contributed by atoms with E-state index in [-0.39, 0.29) is 21.3 Å². The maximum Gasteiger partial charge on any atom is 0.271 e. The first-order chi connectivity index (χ1) is 9.88. The van der Waals surface area contributed by atoms with Crippen LogP contribution in [0.2, 0.25) is 10.0 Å².